The summed E-state index contributed by atoms with van der Waals surface area (Å²) < 4.78 is 17.2. The number of aromatic nitrogens is 1. The second kappa shape index (κ2) is 9.06. The minimum absolute atomic E-state index is 0.196. The van der Waals surface area contributed by atoms with E-state index < -0.39 is 0 Å². The lowest BCUT2D eigenvalue weighted by atomic mass is 10.0. The Morgan fingerprint density at radius 1 is 0.933 bits per heavy atom. The summed E-state index contributed by atoms with van der Waals surface area (Å²) >= 11 is 0. The van der Waals surface area contributed by atoms with Crippen molar-refractivity contribution >= 4 is 22.8 Å². The van der Waals surface area contributed by atoms with Crippen LogP contribution in [0.25, 0.3) is 10.8 Å². The standard InChI is InChI=1S/C21H27N3O6/c1-5-22-13-16(14-11-17(28-3)18(29-4)12-15(14)19(22)25)20(26)23-7-9-24(10-8-23)21(27)30-6-2/h11-13H,5-10H2,1-4H3. The summed E-state index contributed by atoms with van der Waals surface area (Å²) in [5, 5.41) is 0.908. The number of pyridine rings is 1. The summed E-state index contributed by atoms with van der Waals surface area (Å²) in [6.45, 7) is 5.92. The van der Waals surface area contributed by atoms with Crippen molar-refractivity contribution in [3.05, 3.63) is 34.2 Å². The van der Waals surface area contributed by atoms with E-state index in [1.807, 2.05) is 6.92 Å². The van der Waals surface area contributed by atoms with Crippen LogP contribution in [0.1, 0.15) is 24.2 Å². The van der Waals surface area contributed by atoms with Gasteiger partial charge in [-0.05, 0) is 26.0 Å². The van der Waals surface area contributed by atoms with Crippen LogP contribution >= 0.6 is 0 Å². The van der Waals surface area contributed by atoms with Crippen molar-refractivity contribution in [3.8, 4) is 11.5 Å². The zero-order valence-corrected chi connectivity index (χ0v) is 17.8. The largest absolute Gasteiger partial charge is 0.493 e. The van der Waals surface area contributed by atoms with Gasteiger partial charge in [0.2, 0.25) is 0 Å². The molecule has 2 heterocycles. The molecule has 0 aliphatic carbocycles. The normalized spacial score (nSPS) is 14.0. The molecule has 1 aliphatic rings. The van der Waals surface area contributed by atoms with Gasteiger partial charge in [-0.25, -0.2) is 4.79 Å². The number of hydrogen-bond donors (Lipinski definition) is 0. The second-order valence-electron chi connectivity index (χ2n) is 6.86. The zero-order chi connectivity index (χ0) is 21.8. The van der Waals surface area contributed by atoms with E-state index in [0.29, 0.717) is 67.2 Å². The molecule has 0 unspecified atom stereocenters. The van der Waals surface area contributed by atoms with Gasteiger partial charge < -0.3 is 28.6 Å². The molecule has 2 amide bonds. The Hall–Kier alpha value is -3.23. The summed E-state index contributed by atoms with van der Waals surface area (Å²) in [6, 6.07) is 3.27. The molecule has 30 heavy (non-hydrogen) atoms. The predicted molar refractivity (Wildman–Crippen MR) is 111 cm³/mol. The van der Waals surface area contributed by atoms with Gasteiger partial charge >= 0.3 is 6.09 Å². The molecule has 0 radical (unpaired) electrons. The van der Waals surface area contributed by atoms with Gasteiger partial charge in [0.15, 0.2) is 11.5 Å². The minimum Gasteiger partial charge on any atom is -0.493 e. The number of carbonyl (C=O) groups excluding carboxylic acids is 2. The van der Waals surface area contributed by atoms with Gasteiger partial charge in [0.25, 0.3) is 11.5 Å². The number of benzene rings is 1. The average Bonchev–Trinajstić information content (AvgIpc) is 2.78. The molecule has 1 aromatic heterocycles. The third kappa shape index (κ3) is 3.92. The van der Waals surface area contributed by atoms with Crippen LogP contribution in [-0.2, 0) is 11.3 Å². The Morgan fingerprint density at radius 3 is 2.03 bits per heavy atom. The Morgan fingerprint density at radius 2 is 1.50 bits per heavy atom. The van der Waals surface area contributed by atoms with Gasteiger partial charge in [0, 0.05) is 44.3 Å². The van der Waals surface area contributed by atoms with Gasteiger partial charge in [-0.2, -0.15) is 0 Å². The number of methoxy groups -OCH3 is 2. The molecule has 0 N–H and O–H groups in total. The van der Waals surface area contributed by atoms with Crippen molar-refractivity contribution in [2.75, 3.05) is 47.0 Å². The van der Waals surface area contributed by atoms with Gasteiger partial charge in [-0.3, -0.25) is 9.59 Å². The zero-order valence-electron chi connectivity index (χ0n) is 17.8. The fourth-order valence-electron chi connectivity index (χ4n) is 3.60. The van der Waals surface area contributed by atoms with E-state index in [2.05, 4.69) is 0 Å². The maximum absolute atomic E-state index is 13.4. The summed E-state index contributed by atoms with van der Waals surface area (Å²) in [7, 11) is 3.01. The van der Waals surface area contributed by atoms with Crippen LogP contribution in [0.2, 0.25) is 0 Å². The molecule has 3 rings (SSSR count). The van der Waals surface area contributed by atoms with E-state index in [1.54, 1.807) is 35.1 Å². The first kappa shape index (κ1) is 21.5. The van der Waals surface area contributed by atoms with Crippen molar-refractivity contribution in [3.63, 3.8) is 0 Å². The first-order valence-electron chi connectivity index (χ1n) is 9.95. The number of ether oxygens (including phenoxy) is 3. The molecule has 9 nitrogen and oxygen atoms in total. The van der Waals surface area contributed by atoms with E-state index in [0.717, 1.165) is 0 Å². The predicted octanol–water partition coefficient (Wildman–Crippen LogP) is 1.95. The van der Waals surface area contributed by atoms with Gasteiger partial charge in [0.1, 0.15) is 0 Å². The third-order valence-corrected chi connectivity index (χ3v) is 5.25. The molecule has 0 atom stereocenters. The Kier molecular flexibility index (Phi) is 6.49. The second-order valence-corrected chi connectivity index (χ2v) is 6.86. The van der Waals surface area contributed by atoms with Crippen LogP contribution in [-0.4, -0.2) is 73.4 Å². The molecule has 1 saturated heterocycles. The van der Waals surface area contributed by atoms with Gasteiger partial charge in [-0.1, -0.05) is 0 Å². The lowest BCUT2D eigenvalue weighted by Gasteiger charge is -2.34. The van der Waals surface area contributed by atoms with E-state index in [4.69, 9.17) is 14.2 Å². The van der Waals surface area contributed by atoms with Crippen LogP contribution in [0.5, 0.6) is 11.5 Å². The Balaban J connectivity index is 1.99. The fourth-order valence-corrected chi connectivity index (χ4v) is 3.60. The smallest absolute Gasteiger partial charge is 0.409 e. The monoisotopic (exact) mass is 417 g/mol. The van der Waals surface area contributed by atoms with Crippen molar-refractivity contribution in [1.29, 1.82) is 0 Å². The molecule has 1 aliphatic heterocycles. The number of piperazine rings is 1. The Bertz CT molecular complexity index is 1010. The number of aryl methyl sites for hydroxylation is 1. The Labute approximate surface area is 174 Å². The number of fused-ring (bicyclic) bond motifs is 1. The maximum atomic E-state index is 13.4. The minimum atomic E-state index is -0.369. The van der Waals surface area contributed by atoms with Crippen molar-refractivity contribution in [1.82, 2.24) is 14.4 Å². The molecule has 1 aromatic carbocycles. The number of hydrogen-bond acceptors (Lipinski definition) is 6. The molecule has 2 aromatic rings. The molecular formula is C21H27N3O6. The molecule has 0 bridgehead atoms. The summed E-state index contributed by atoms with van der Waals surface area (Å²) in [5.41, 5.74) is 0.217. The molecular weight excluding hydrogens is 390 g/mol. The lowest BCUT2D eigenvalue weighted by Crippen LogP contribution is -2.50. The number of rotatable bonds is 5. The van der Waals surface area contributed by atoms with E-state index in [9.17, 15) is 14.4 Å². The van der Waals surface area contributed by atoms with Crippen LogP contribution in [0.4, 0.5) is 4.79 Å². The van der Waals surface area contributed by atoms with Crippen molar-refractivity contribution < 1.29 is 23.8 Å². The first-order valence-corrected chi connectivity index (χ1v) is 9.95. The third-order valence-electron chi connectivity index (χ3n) is 5.25. The van der Waals surface area contributed by atoms with Crippen LogP contribution in [0.3, 0.4) is 0 Å². The lowest BCUT2D eigenvalue weighted by molar-refractivity contribution is 0.0571. The first-order chi connectivity index (χ1) is 14.4. The maximum Gasteiger partial charge on any atom is 0.409 e. The van der Waals surface area contributed by atoms with E-state index in [-0.39, 0.29) is 17.6 Å². The van der Waals surface area contributed by atoms with Gasteiger partial charge in [0.05, 0.1) is 31.8 Å². The molecule has 1 fully saturated rings. The molecule has 162 valence electrons. The summed E-state index contributed by atoms with van der Waals surface area (Å²) in [6.07, 6.45) is 1.22. The average molecular weight is 417 g/mol. The van der Waals surface area contributed by atoms with Crippen LogP contribution in [0.15, 0.2) is 23.1 Å². The van der Waals surface area contributed by atoms with Crippen LogP contribution < -0.4 is 15.0 Å². The molecule has 0 saturated carbocycles. The highest BCUT2D eigenvalue weighted by atomic mass is 16.6. The highest BCUT2D eigenvalue weighted by molar-refractivity contribution is 6.07. The quantitative estimate of drug-likeness (QED) is 0.739. The number of nitrogens with zero attached hydrogens (tertiary/aromatic N) is 3. The highest BCUT2D eigenvalue weighted by Crippen LogP contribution is 2.32. The van der Waals surface area contributed by atoms with Crippen molar-refractivity contribution in [2.45, 2.75) is 20.4 Å². The SMILES string of the molecule is CCOC(=O)N1CCN(C(=O)c2cn(CC)c(=O)c3cc(OC)c(OC)cc23)CC1. The summed E-state index contributed by atoms with van der Waals surface area (Å²) in [5.74, 6) is 0.676. The van der Waals surface area contributed by atoms with E-state index >= 15 is 0 Å². The highest BCUT2D eigenvalue weighted by Gasteiger charge is 2.27. The number of carbonyl (C=O) groups is 2. The molecule has 0 spiro atoms. The topological polar surface area (TPSA) is 90.3 Å². The van der Waals surface area contributed by atoms with Crippen LogP contribution in [0, 0.1) is 0 Å². The summed E-state index contributed by atoms with van der Waals surface area (Å²) in [4.78, 5) is 41.4. The fraction of sp³-hybridized carbons (Fsp3) is 0.476. The van der Waals surface area contributed by atoms with E-state index in [1.165, 1.54) is 18.8 Å². The van der Waals surface area contributed by atoms with Crippen molar-refractivity contribution in [2.24, 2.45) is 0 Å². The number of amides is 2. The molecule has 9 heteroatoms. The van der Waals surface area contributed by atoms with Gasteiger partial charge in [-0.15, -0.1) is 0 Å².